The van der Waals surface area contributed by atoms with Crippen molar-refractivity contribution in [3.8, 4) is 5.75 Å². The van der Waals surface area contributed by atoms with Crippen molar-refractivity contribution in [2.45, 2.75) is 26.1 Å². The number of aromatic hydroxyl groups is 1. The van der Waals surface area contributed by atoms with Gasteiger partial charge in [-0.1, -0.05) is 45.8 Å². The second-order valence-electron chi connectivity index (χ2n) is 7.88. The first-order chi connectivity index (χ1) is 17.3. The Labute approximate surface area is 218 Å². The molecule has 0 spiro atoms. The largest absolute Gasteiger partial charge is 0.508 e. The summed E-state index contributed by atoms with van der Waals surface area (Å²) in [6.45, 7) is 3.97. The van der Waals surface area contributed by atoms with E-state index in [2.05, 4.69) is 26.6 Å². The molecule has 0 saturated heterocycles. The normalized spacial score (nSPS) is 12.6. The van der Waals surface area contributed by atoms with Gasteiger partial charge in [-0.2, -0.15) is 0 Å². The van der Waals surface area contributed by atoms with Gasteiger partial charge in [0.15, 0.2) is 6.10 Å². The summed E-state index contributed by atoms with van der Waals surface area (Å²) in [5.41, 5.74) is 8.68. The third kappa shape index (κ3) is 7.59. The molecule has 2 atom stereocenters. The first-order valence-corrected chi connectivity index (χ1v) is 12.0. The average molecular weight is 554 g/mol. The SMILES string of the molecule is CCO[C@@H](/C=C/C(=O)Nc1ccccc1N)[C@@H](OC(=O)Nc1ccc(C)cc1)c1cc(Br)ccc1O. The van der Waals surface area contributed by atoms with Crippen LogP contribution in [0.5, 0.6) is 5.75 Å². The molecule has 0 aliphatic heterocycles. The van der Waals surface area contributed by atoms with Gasteiger partial charge in [-0.05, 0) is 62.4 Å². The minimum Gasteiger partial charge on any atom is -0.508 e. The third-order valence-electron chi connectivity index (χ3n) is 5.14. The lowest BCUT2D eigenvalue weighted by molar-refractivity contribution is -0.112. The Balaban J connectivity index is 1.86. The van der Waals surface area contributed by atoms with Crippen LogP contribution in [0.2, 0.25) is 0 Å². The molecule has 3 aromatic carbocycles. The number of nitrogens with one attached hydrogen (secondary N) is 2. The lowest BCUT2D eigenvalue weighted by Crippen LogP contribution is -2.28. The van der Waals surface area contributed by atoms with Crippen molar-refractivity contribution in [3.05, 3.63) is 94.5 Å². The summed E-state index contributed by atoms with van der Waals surface area (Å²) in [5, 5.41) is 15.9. The predicted molar refractivity (Wildman–Crippen MR) is 144 cm³/mol. The molecular formula is C27H28BrN3O5. The number of halogens is 1. The number of carbonyl (C=O) groups is 2. The van der Waals surface area contributed by atoms with E-state index in [4.69, 9.17) is 15.2 Å². The molecule has 5 N–H and O–H groups in total. The minimum atomic E-state index is -1.07. The van der Waals surface area contributed by atoms with Gasteiger partial charge in [-0.25, -0.2) is 4.79 Å². The minimum absolute atomic E-state index is 0.0917. The molecule has 0 fully saturated rings. The van der Waals surface area contributed by atoms with E-state index >= 15 is 0 Å². The molecule has 36 heavy (non-hydrogen) atoms. The van der Waals surface area contributed by atoms with Gasteiger partial charge in [0.1, 0.15) is 11.9 Å². The summed E-state index contributed by atoms with van der Waals surface area (Å²) in [7, 11) is 0. The average Bonchev–Trinajstić information content (AvgIpc) is 2.85. The first-order valence-electron chi connectivity index (χ1n) is 11.2. The Kier molecular flexibility index (Phi) is 9.49. The molecule has 0 aliphatic carbocycles. The van der Waals surface area contributed by atoms with E-state index in [-0.39, 0.29) is 12.4 Å². The number of benzene rings is 3. The Morgan fingerprint density at radius 3 is 2.50 bits per heavy atom. The number of hydrogen-bond acceptors (Lipinski definition) is 6. The fourth-order valence-corrected chi connectivity index (χ4v) is 3.74. The predicted octanol–water partition coefficient (Wildman–Crippen LogP) is 5.94. The summed E-state index contributed by atoms with van der Waals surface area (Å²) < 4.78 is 12.2. The maximum atomic E-state index is 12.8. The summed E-state index contributed by atoms with van der Waals surface area (Å²) >= 11 is 3.38. The van der Waals surface area contributed by atoms with E-state index in [0.29, 0.717) is 27.1 Å². The fourth-order valence-electron chi connectivity index (χ4n) is 3.36. The number of rotatable bonds is 9. The molecule has 0 radical (unpaired) electrons. The molecule has 188 valence electrons. The van der Waals surface area contributed by atoms with Crippen LogP contribution in [-0.4, -0.2) is 29.8 Å². The Hall–Kier alpha value is -3.82. The topological polar surface area (TPSA) is 123 Å². The Bertz CT molecular complexity index is 1230. The Morgan fingerprint density at radius 1 is 1.08 bits per heavy atom. The van der Waals surface area contributed by atoms with Crippen LogP contribution in [0, 0.1) is 6.92 Å². The van der Waals surface area contributed by atoms with Crippen molar-refractivity contribution in [1.29, 1.82) is 0 Å². The molecular weight excluding hydrogens is 526 g/mol. The van der Waals surface area contributed by atoms with Crippen LogP contribution in [0.3, 0.4) is 0 Å². The fraction of sp³-hybridized carbons (Fsp3) is 0.185. The van der Waals surface area contributed by atoms with Crippen molar-refractivity contribution in [2.75, 3.05) is 23.0 Å². The number of nitrogens with two attached hydrogens (primary N) is 1. The van der Waals surface area contributed by atoms with Gasteiger partial charge in [-0.15, -0.1) is 0 Å². The van der Waals surface area contributed by atoms with Gasteiger partial charge in [0.2, 0.25) is 5.91 Å². The molecule has 3 rings (SSSR count). The molecule has 9 heteroatoms. The zero-order valence-corrected chi connectivity index (χ0v) is 21.5. The number of aryl methyl sites for hydroxylation is 1. The van der Waals surface area contributed by atoms with Crippen molar-refractivity contribution < 1.29 is 24.2 Å². The molecule has 0 aromatic heterocycles. The first kappa shape index (κ1) is 26.8. The number of nitrogen functional groups attached to an aromatic ring is 1. The molecule has 2 amide bonds. The van der Waals surface area contributed by atoms with E-state index in [0.717, 1.165) is 5.56 Å². The summed E-state index contributed by atoms with van der Waals surface area (Å²) in [6.07, 6.45) is 0.0393. The van der Waals surface area contributed by atoms with Gasteiger partial charge in [0.25, 0.3) is 0 Å². The van der Waals surface area contributed by atoms with Gasteiger partial charge in [0.05, 0.1) is 11.4 Å². The lowest BCUT2D eigenvalue weighted by atomic mass is 10.0. The van der Waals surface area contributed by atoms with Crippen LogP contribution < -0.4 is 16.4 Å². The van der Waals surface area contributed by atoms with E-state index < -0.39 is 24.2 Å². The van der Waals surface area contributed by atoms with Crippen LogP contribution in [0.1, 0.15) is 24.2 Å². The highest BCUT2D eigenvalue weighted by Crippen LogP contribution is 2.34. The number of hydrogen-bond donors (Lipinski definition) is 4. The number of para-hydroxylation sites is 2. The van der Waals surface area contributed by atoms with Crippen molar-refractivity contribution in [3.63, 3.8) is 0 Å². The highest BCUT2D eigenvalue weighted by atomic mass is 79.9. The van der Waals surface area contributed by atoms with Crippen LogP contribution in [-0.2, 0) is 14.3 Å². The second-order valence-corrected chi connectivity index (χ2v) is 8.79. The maximum Gasteiger partial charge on any atom is 0.412 e. The lowest BCUT2D eigenvalue weighted by Gasteiger charge is -2.26. The van der Waals surface area contributed by atoms with Gasteiger partial charge in [-0.3, -0.25) is 10.1 Å². The van der Waals surface area contributed by atoms with E-state index in [1.807, 2.05) is 19.1 Å². The molecule has 0 aliphatic rings. The standard InChI is InChI=1S/C27H28BrN3O5/c1-3-35-24(14-15-25(33)31-22-7-5-4-6-21(22)29)26(20-16-18(28)10-13-23(20)32)36-27(34)30-19-11-8-17(2)9-12-19/h4-16,24,26,32H,3,29H2,1-2H3,(H,30,34)(H,31,33)/b15-14+/t24-,26-/m0/s1. The second kappa shape index (κ2) is 12.8. The van der Waals surface area contributed by atoms with Crippen LogP contribution >= 0.6 is 15.9 Å². The molecule has 0 unspecified atom stereocenters. The number of phenols is 1. The number of phenolic OH excluding ortho intramolecular Hbond substituents is 1. The quantitative estimate of drug-likeness (QED) is 0.192. The highest BCUT2D eigenvalue weighted by molar-refractivity contribution is 9.10. The van der Waals surface area contributed by atoms with Crippen molar-refractivity contribution in [2.24, 2.45) is 0 Å². The number of anilines is 3. The molecule has 0 saturated carbocycles. The maximum absolute atomic E-state index is 12.8. The third-order valence-corrected chi connectivity index (χ3v) is 5.63. The highest BCUT2D eigenvalue weighted by Gasteiger charge is 2.29. The molecule has 8 nitrogen and oxygen atoms in total. The summed E-state index contributed by atoms with van der Waals surface area (Å²) in [6, 6.07) is 18.9. The monoisotopic (exact) mass is 553 g/mol. The number of amides is 2. The van der Waals surface area contributed by atoms with Crippen LogP contribution in [0.15, 0.2) is 83.4 Å². The van der Waals surface area contributed by atoms with Gasteiger partial charge in [0, 0.05) is 28.4 Å². The van der Waals surface area contributed by atoms with Crippen molar-refractivity contribution in [1.82, 2.24) is 0 Å². The van der Waals surface area contributed by atoms with Gasteiger partial charge >= 0.3 is 6.09 Å². The molecule has 0 heterocycles. The van der Waals surface area contributed by atoms with Crippen LogP contribution in [0.25, 0.3) is 0 Å². The summed E-state index contributed by atoms with van der Waals surface area (Å²) in [5.74, 6) is -0.537. The Morgan fingerprint density at radius 2 is 1.81 bits per heavy atom. The molecule has 0 bridgehead atoms. The van der Waals surface area contributed by atoms with Crippen molar-refractivity contribution >= 4 is 45.0 Å². The molecule has 3 aromatic rings. The van der Waals surface area contributed by atoms with E-state index in [1.54, 1.807) is 55.5 Å². The number of ether oxygens (including phenoxy) is 2. The summed E-state index contributed by atoms with van der Waals surface area (Å²) in [4.78, 5) is 25.4. The van der Waals surface area contributed by atoms with Gasteiger partial charge < -0.3 is 25.6 Å². The zero-order chi connectivity index (χ0) is 26.1. The zero-order valence-electron chi connectivity index (χ0n) is 19.9. The van der Waals surface area contributed by atoms with Crippen LogP contribution in [0.4, 0.5) is 21.9 Å². The smallest absolute Gasteiger partial charge is 0.412 e. The number of carbonyl (C=O) groups excluding carboxylic acids is 2. The van der Waals surface area contributed by atoms with E-state index in [9.17, 15) is 14.7 Å². The van der Waals surface area contributed by atoms with E-state index in [1.165, 1.54) is 18.2 Å².